The Morgan fingerprint density at radius 2 is 1.61 bits per heavy atom. The zero-order valence-electron chi connectivity index (χ0n) is 17.6. The monoisotopic (exact) mass is 413 g/mol. The fourth-order valence-electron chi connectivity index (χ4n) is 4.73. The van der Waals surface area contributed by atoms with Crippen LogP contribution in [-0.4, -0.2) is 16.4 Å². The molecule has 158 valence electrons. The highest BCUT2D eigenvalue weighted by molar-refractivity contribution is 6.07. The van der Waals surface area contributed by atoms with Crippen molar-refractivity contribution in [2.75, 3.05) is 10.2 Å². The largest absolute Gasteiger partial charge is 0.345 e. The van der Waals surface area contributed by atoms with Gasteiger partial charge in [-0.3, -0.25) is 9.59 Å². The van der Waals surface area contributed by atoms with Crippen LogP contribution in [0.15, 0.2) is 66.9 Å². The highest BCUT2D eigenvalue weighted by Gasteiger charge is 2.25. The Labute approximate surface area is 182 Å². The number of aromatic nitrogens is 1. The van der Waals surface area contributed by atoms with Crippen LogP contribution in [0.1, 0.15) is 53.7 Å². The summed E-state index contributed by atoms with van der Waals surface area (Å²) in [6.07, 6.45) is 7.49. The molecular weight excluding hydrogens is 386 g/mol. The van der Waals surface area contributed by atoms with Crippen LogP contribution in [0.25, 0.3) is 0 Å². The van der Waals surface area contributed by atoms with Crippen LogP contribution in [0.3, 0.4) is 0 Å². The lowest BCUT2D eigenvalue weighted by atomic mass is 9.88. The molecule has 5 rings (SSSR count). The van der Waals surface area contributed by atoms with Crippen molar-refractivity contribution in [2.24, 2.45) is 5.92 Å². The number of hydrogen-bond donors (Lipinski definition) is 1. The molecule has 1 aliphatic carbocycles. The number of nitrogens with zero attached hydrogens (tertiary/aromatic N) is 2. The Kier molecular flexibility index (Phi) is 5.33. The summed E-state index contributed by atoms with van der Waals surface area (Å²) in [5, 5.41) is 3.03. The van der Waals surface area contributed by atoms with Crippen molar-refractivity contribution in [3.8, 4) is 0 Å². The standard InChI is InChI=1S/C26H27N3O2/c30-25(19-7-2-1-3-8-19)27-22-14-12-20(13-15-22)26(31)29-18-23-10-6-16-28(23)17-21-9-4-5-11-24(21)29/h4-6,9-16,19H,1-3,7-8,17-18H2,(H,27,30). The van der Waals surface area contributed by atoms with E-state index in [0.29, 0.717) is 12.1 Å². The van der Waals surface area contributed by atoms with Crippen molar-refractivity contribution >= 4 is 23.2 Å². The molecule has 2 aromatic carbocycles. The van der Waals surface area contributed by atoms with Gasteiger partial charge >= 0.3 is 0 Å². The molecule has 5 nitrogen and oxygen atoms in total. The maximum Gasteiger partial charge on any atom is 0.258 e. The summed E-state index contributed by atoms with van der Waals surface area (Å²) in [7, 11) is 0. The summed E-state index contributed by atoms with van der Waals surface area (Å²) >= 11 is 0. The van der Waals surface area contributed by atoms with E-state index in [2.05, 4.69) is 28.2 Å². The molecule has 1 aliphatic heterocycles. The lowest BCUT2D eigenvalue weighted by Gasteiger charge is -2.23. The van der Waals surface area contributed by atoms with E-state index in [1.807, 2.05) is 53.4 Å². The molecule has 0 unspecified atom stereocenters. The van der Waals surface area contributed by atoms with Crippen molar-refractivity contribution in [3.05, 3.63) is 83.7 Å². The Balaban J connectivity index is 1.35. The second-order valence-electron chi connectivity index (χ2n) is 8.55. The molecule has 0 bridgehead atoms. The van der Waals surface area contributed by atoms with E-state index >= 15 is 0 Å². The van der Waals surface area contributed by atoms with E-state index in [0.717, 1.165) is 54.9 Å². The van der Waals surface area contributed by atoms with Crippen LogP contribution in [0, 0.1) is 5.92 Å². The topological polar surface area (TPSA) is 54.3 Å². The molecule has 1 aromatic heterocycles. The first-order chi connectivity index (χ1) is 15.2. The summed E-state index contributed by atoms with van der Waals surface area (Å²) < 4.78 is 2.19. The molecule has 0 radical (unpaired) electrons. The molecule has 2 amide bonds. The van der Waals surface area contributed by atoms with Gasteiger partial charge in [-0.25, -0.2) is 0 Å². The summed E-state index contributed by atoms with van der Waals surface area (Å²) in [4.78, 5) is 27.8. The number of carbonyl (C=O) groups is 2. The average Bonchev–Trinajstić information content (AvgIpc) is 3.18. The highest BCUT2D eigenvalue weighted by atomic mass is 16.2. The maximum absolute atomic E-state index is 13.5. The first-order valence-electron chi connectivity index (χ1n) is 11.1. The van der Waals surface area contributed by atoms with E-state index < -0.39 is 0 Å². The fraction of sp³-hybridized carbons (Fsp3) is 0.308. The van der Waals surface area contributed by atoms with Gasteiger partial charge in [0.15, 0.2) is 0 Å². The Hall–Kier alpha value is -3.34. The van der Waals surface area contributed by atoms with Crippen molar-refractivity contribution in [1.29, 1.82) is 0 Å². The second kappa shape index (κ2) is 8.42. The van der Waals surface area contributed by atoms with Crippen molar-refractivity contribution in [2.45, 2.75) is 45.2 Å². The minimum atomic E-state index is -0.0349. The summed E-state index contributed by atoms with van der Waals surface area (Å²) in [6.45, 7) is 1.29. The predicted molar refractivity (Wildman–Crippen MR) is 122 cm³/mol. The number of carbonyl (C=O) groups excluding carboxylic acids is 2. The molecule has 31 heavy (non-hydrogen) atoms. The van der Waals surface area contributed by atoms with E-state index in [-0.39, 0.29) is 17.7 Å². The summed E-state index contributed by atoms with van der Waals surface area (Å²) in [6, 6.07) is 19.5. The van der Waals surface area contributed by atoms with Gasteiger partial charge in [-0.05, 0) is 60.9 Å². The van der Waals surface area contributed by atoms with Crippen molar-refractivity contribution in [3.63, 3.8) is 0 Å². The van der Waals surface area contributed by atoms with E-state index in [1.54, 1.807) is 0 Å². The lowest BCUT2D eigenvalue weighted by molar-refractivity contribution is -0.120. The fourth-order valence-corrected chi connectivity index (χ4v) is 4.73. The van der Waals surface area contributed by atoms with Gasteiger partial charge in [0.05, 0.1) is 6.54 Å². The molecular formula is C26H27N3O2. The number of hydrogen-bond acceptors (Lipinski definition) is 2. The summed E-state index contributed by atoms with van der Waals surface area (Å²) in [5.74, 6) is 0.174. The van der Waals surface area contributed by atoms with Crippen molar-refractivity contribution in [1.82, 2.24) is 4.57 Å². The zero-order valence-corrected chi connectivity index (χ0v) is 17.6. The molecule has 2 aliphatic rings. The molecule has 0 saturated heterocycles. The van der Waals surface area contributed by atoms with E-state index in [9.17, 15) is 9.59 Å². The van der Waals surface area contributed by atoms with Gasteiger partial charge in [0.1, 0.15) is 0 Å². The third-order valence-corrected chi connectivity index (χ3v) is 6.49. The molecule has 1 fully saturated rings. The first-order valence-corrected chi connectivity index (χ1v) is 11.1. The Bertz CT molecular complexity index is 1090. The number of nitrogens with one attached hydrogen (secondary N) is 1. The lowest BCUT2D eigenvalue weighted by Crippen LogP contribution is -2.30. The van der Waals surface area contributed by atoms with Gasteiger partial charge < -0.3 is 14.8 Å². The van der Waals surface area contributed by atoms with Crippen LogP contribution in [0.5, 0.6) is 0 Å². The van der Waals surface area contributed by atoms with Crippen LogP contribution in [0.4, 0.5) is 11.4 Å². The number of anilines is 2. The van der Waals surface area contributed by atoms with Crippen molar-refractivity contribution < 1.29 is 9.59 Å². The molecule has 1 saturated carbocycles. The number of amides is 2. The smallest absolute Gasteiger partial charge is 0.258 e. The predicted octanol–water partition coefficient (Wildman–Crippen LogP) is 5.22. The first kappa shape index (κ1) is 19.6. The van der Waals surface area contributed by atoms with Crippen LogP contribution in [0.2, 0.25) is 0 Å². The second-order valence-corrected chi connectivity index (χ2v) is 8.55. The van der Waals surface area contributed by atoms with Crippen LogP contribution < -0.4 is 10.2 Å². The molecule has 0 atom stereocenters. The average molecular weight is 414 g/mol. The molecule has 1 N–H and O–H groups in total. The number of para-hydroxylation sites is 1. The van der Waals surface area contributed by atoms with Gasteiger partial charge in [-0.1, -0.05) is 37.5 Å². The third-order valence-electron chi connectivity index (χ3n) is 6.49. The van der Waals surface area contributed by atoms with Gasteiger partial charge in [-0.2, -0.15) is 0 Å². The molecule has 3 aromatic rings. The number of fused-ring (bicyclic) bond motifs is 2. The highest BCUT2D eigenvalue weighted by Crippen LogP contribution is 2.29. The minimum Gasteiger partial charge on any atom is -0.345 e. The van der Waals surface area contributed by atoms with Crippen LogP contribution >= 0.6 is 0 Å². The van der Waals surface area contributed by atoms with E-state index in [1.165, 1.54) is 6.42 Å². The Morgan fingerprint density at radius 1 is 0.839 bits per heavy atom. The zero-order chi connectivity index (χ0) is 21.2. The minimum absolute atomic E-state index is 0.0349. The van der Waals surface area contributed by atoms with Gasteiger partial charge in [0.25, 0.3) is 5.91 Å². The third kappa shape index (κ3) is 4.00. The number of benzene rings is 2. The molecule has 0 spiro atoms. The normalized spacial score (nSPS) is 16.2. The Morgan fingerprint density at radius 3 is 2.42 bits per heavy atom. The van der Waals surface area contributed by atoms with Gasteiger partial charge in [0, 0.05) is 41.3 Å². The summed E-state index contributed by atoms with van der Waals surface area (Å²) in [5.41, 5.74) is 4.55. The number of rotatable bonds is 3. The van der Waals surface area contributed by atoms with E-state index in [4.69, 9.17) is 0 Å². The maximum atomic E-state index is 13.5. The molecule has 5 heteroatoms. The van der Waals surface area contributed by atoms with Crippen LogP contribution in [-0.2, 0) is 17.9 Å². The SMILES string of the molecule is O=C(Nc1ccc(C(=O)N2Cc3cccn3Cc3ccccc32)cc1)C1CCCCC1. The quantitative estimate of drug-likeness (QED) is 0.640. The van der Waals surface area contributed by atoms with Gasteiger partial charge in [-0.15, -0.1) is 0 Å². The van der Waals surface area contributed by atoms with Gasteiger partial charge in [0.2, 0.25) is 5.91 Å². The molecule has 2 heterocycles.